The summed E-state index contributed by atoms with van der Waals surface area (Å²) in [5.41, 5.74) is -0.415. The van der Waals surface area contributed by atoms with Gasteiger partial charge in [0.05, 0.1) is 23.7 Å². The predicted octanol–water partition coefficient (Wildman–Crippen LogP) is 4.28. The summed E-state index contributed by atoms with van der Waals surface area (Å²) in [6.07, 6.45) is 2.47. The number of rotatable bonds is 8. The van der Waals surface area contributed by atoms with Crippen LogP contribution >= 0.6 is 0 Å². The molecule has 0 spiro atoms. The largest absolute Gasteiger partial charge is 0.416 e. The van der Waals surface area contributed by atoms with E-state index >= 15 is 0 Å². The van der Waals surface area contributed by atoms with Crippen molar-refractivity contribution in [2.45, 2.75) is 63.2 Å². The van der Waals surface area contributed by atoms with Crippen LogP contribution in [0.1, 0.15) is 51.9 Å². The number of hydrogen-bond acceptors (Lipinski definition) is 6. The third-order valence-corrected chi connectivity index (χ3v) is 7.53. The molecular weight excluding hydrogens is 445 g/mol. The number of hydrogen-bond donors (Lipinski definition) is 2. The van der Waals surface area contributed by atoms with Crippen molar-refractivity contribution in [2.24, 2.45) is 17.8 Å². The average molecular weight is 478 g/mol. The van der Waals surface area contributed by atoms with Crippen LogP contribution in [0.15, 0.2) is 24.5 Å². The number of benzene rings is 1. The smallest absolute Gasteiger partial charge is 0.393 e. The zero-order valence-electron chi connectivity index (χ0n) is 20.0. The molecule has 2 N–H and O–H groups in total. The van der Waals surface area contributed by atoms with Crippen molar-refractivity contribution < 1.29 is 24.4 Å². The second-order valence-electron chi connectivity index (χ2n) is 10.1. The number of aliphatic hydroxyl groups excluding tert-OH is 1. The summed E-state index contributed by atoms with van der Waals surface area (Å²) in [6.45, 7) is 1.39. The molecule has 2 heterocycles. The Morgan fingerprint density at radius 2 is 1.82 bits per heavy atom. The lowest BCUT2D eigenvalue weighted by Gasteiger charge is -2.47. The molecule has 184 valence electrons. The van der Waals surface area contributed by atoms with Crippen LogP contribution in [-0.4, -0.2) is 57.5 Å². The van der Waals surface area contributed by atoms with Gasteiger partial charge in [0.1, 0.15) is 12.1 Å². The van der Waals surface area contributed by atoms with Gasteiger partial charge in [-0.2, -0.15) is 13.2 Å². The lowest BCUT2D eigenvalue weighted by atomic mass is 9.79. The van der Waals surface area contributed by atoms with Crippen molar-refractivity contribution in [3.8, 4) is 0 Å². The molecule has 0 radical (unpaired) electrons. The molecule has 0 amide bonds. The number of nitrogens with one attached hydrogen (secondary N) is 1. The Hall–Kier alpha value is -2.26. The van der Waals surface area contributed by atoms with Crippen molar-refractivity contribution in [1.82, 2.24) is 14.9 Å². The number of anilines is 1. The highest BCUT2D eigenvalue weighted by atomic mass is 19.4. The molecule has 0 bridgehead atoms. The van der Waals surface area contributed by atoms with E-state index in [1.54, 1.807) is 0 Å². The van der Waals surface area contributed by atoms with Crippen LogP contribution in [0, 0.1) is 17.8 Å². The van der Waals surface area contributed by atoms with E-state index < -0.39 is 17.8 Å². The second kappa shape index (κ2) is 9.41. The van der Waals surface area contributed by atoms with Crippen molar-refractivity contribution in [3.05, 3.63) is 30.1 Å². The fraction of sp³-hybridized carbons (Fsp3) is 0.640. The number of halogens is 3. The van der Waals surface area contributed by atoms with E-state index in [-0.39, 0.29) is 35.6 Å². The van der Waals surface area contributed by atoms with E-state index in [4.69, 9.17) is 1.37 Å². The van der Waals surface area contributed by atoms with Crippen molar-refractivity contribution in [1.29, 1.82) is 0 Å². The van der Waals surface area contributed by atoms with E-state index in [2.05, 4.69) is 20.2 Å². The third-order valence-electron chi connectivity index (χ3n) is 7.53. The first-order valence-corrected chi connectivity index (χ1v) is 12.1. The Balaban J connectivity index is 1.10. The van der Waals surface area contributed by atoms with Crippen LogP contribution in [0.3, 0.4) is 0 Å². The zero-order valence-corrected chi connectivity index (χ0v) is 19.0. The second-order valence-corrected chi connectivity index (χ2v) is 10.1. The Bertz CT molecular complexity index is 1080. The lowest BCUT2D eigenvalue weighted by Crippen LogP contribution is -2.54. The molecule has 1 atom stereocenters. The molecule has 3 aliphatic rings. The number of Topliss-reactive ketones (excluding diaryl/α,β-unsaturated/α-hetero) is 1. The summed E-state index contributed by atoms with van der Waals surface area (Å²) < 4.78 is 48.2. The number of aromatic nitrogens is 2. The molecule has 2 aromatic rings. The summed E-state index contributed by atoms with van der Waals surface area (Å²) >= 11 is 0. The molecule has 2 aliphatic carbocycles. The first kappa shape index (κ1) is 22.2. The summed E-state index contributed by atoms with van der Waals surface area (Å²) in [6, 6.07) is 2.67. The average Bonchev–Trinajstić information content (AvgIpc) is 3.64. The Morgan fingerprint density at radius 3 is 2.47 bits per heavy atom. The number of likely N-dealkylation sites (tertiary alicyclic amines) is 1. The van der Waals surface area contributed by atoms with Gasteiger partial charge in [-0.25, -0.2) is 9.97 Å². The van der Waals surface area contributed by atoms with Crippen LogP contribution < -0.4 is 5.32 Å². The monoisotopic (exact) mass is 477 g/mol. The van der Waals surface area contributed by atoms with Gasteiger partial charge in [0, 0.05) is 32.3 Å². The quantitative estimate of drug-likeness (QED) is 0.591. The van der Waals surface area contributed by atoms with Crippen LogP contribution in [0.4, 0.5) is 19.0 Å². The van der Waals surface area contributed by atoms with Gasteiger partial charge in [0.25, 0.3) is 0 Å². The van der Waals surface area contributed by atoms with Gasteiger partial charge in [-0.15, -0.1) is 0 Å². The lowest BCUT2D eigenvalue weighted by molar-refractivity contribution is -0.137. The molecule has 1 aromatic carbocycles. The number of alkyl halides is 3. The first-order valence-electron chi connectivity index (χ1n) is 12.6. The summed E-state index contributed by atoms with van der Waals surface area (Å²) in [5, 5.41) is 13.5. The van der Waals surface area contributed by atoms with Crippen LogP contribution in [0.25, 0.3) is 10.9 Å². The Morgan fingerprint density at radius 1 is 1.15 bits per heavy atom. The molecule has 1 unspecified atom stereocenters. The SMILES string of the molecule is [2H]C1(N2CC(CC(=O)CNc3ncnc4ccc(C(F)(F)F)cc34)C2)CCC(C(O)C2CC2)CC1. The van der Waals surface area contributed by atoms with Crippen molar-refractivity contribution >= 4 is 22.5 Å². The Kier molecular flexibility index (Phi) is 6.15. The maximum atomic E-state index is 13.1. The van der Waals surface area contributed by atoms with E-state index in [0.29, 0.717) is 36.9 Å². The van der Waals surface area contributed by atoms with Gasteiger partial charge in [-0.05, 0) is 74.5 Å². The maximum absolute atomic E-state index is 13.1. The Labute approximate surface area is 198 Å². The molecule has 1 aliphatic heterocycles. The topological polar surface area (TPSA) is 78.4 Å². The number of ketones is 1. The minimum Gasteiger partial charge on any atom is -0.393 e. The minimum atomic E-state index is -4.47. The third kappa shape index (κ3) is 5.20. The van der Waals surface area contributed by atoms with E-state index in [0.717, 1.165) is 50.7 Å². The van der Waals surface area contributed by atoms with E-state index in [9.17, 15) is 23.1 Å². The zero-order chi connectivity index (χ0) is 24.8. The van der Waals surface area contributed by atoms with E-state index in [1.807, 2.05) is 0 Å². The van der Waals surface area contributed by atoms with Gasteiger partial charge in [0.15, 0.2) is 5.78 Å². The number of nitrogens with zero attached hydrogens (tertiary/aromatic N) is 3. The van der Waals surface area contributed by atoms with Gasteiger partial charge in [-0.3, -0.25) is 9.69 Å². The van der Waals surface area contributed by atoms with Crippen LogP contribution in [0.2, 0.25) is 0 Å². The highest BCUT2D eigenvalue weighted by Gasteiger charge is 2.40. The maximum Gasteiger partial charge on any atom is 0.416 e. The van der Waals surface area contributed by atoms with Crippen LogP contribution in [-0.2, 0) is 11.0 Å². The minimum absolute atomic E-state index is 0.0222. The molecule has 9 heteroatoms. The molecule has 5 rings (SSSR count). The number of carbonyl (C=O) groups is 1. The van der Waals surface area contributed by atoms with Crippen LogP contribution in [0.5, 0.6) is 0 Å². The van der Waals surface area contributed by atoms with Crippen molar-refractivity contribution in [2.75, 3.05) is 25.0 Å². The molecule has 6 nitrogen and oxygen atoms in total. The van der Waals surface area contributed by atoms with Gasteiger partial charge < -0.3 is 10.4 Å². The van der Waals surface area contributed by atoms with Gasteiger partial charge in [-0.1, -0.05) is 0 Å². The standard InChI is InChI=1S/C25H31F3N4O2/c26-25(27,28)18-5-8-22-21(10-18)24(31-14-30-22)29-11-20(33)9-15-12-32(13-15)19-6-3-17(4-7-19)23(34)16-1-2-16/h5,8,10,14-17,19,23,34H,1-4,6-7,9,11-13H2,(H,29,30,31)/i19D. The predicted molar refractivity (Wildman–Crippen MR) is 122 cm³/mol. The summed E-state index contributed by atoms with van der Waals surface area (Å²) in [7, 11) is 0. The first-order chi connectivity index (χ1) is 16.6. The van der Waals surface area contributed by atoms with Crippen molar-refractivity contribution in [3.63, 3.8) is 0 Å². The number of carbonyl (C=O) groups excluding carboxylic acids is 1. The summed E-state index contributed by atoms with van der Waals surface area (Å²) in [4.78, 5) is 22.7. The van der Waals surface area contributed by atoms with Gasteiger partial charge >= 0.3 is 6.18 Å². The molecule has 1 saturated heterocycles. The van der Waals surface area contributed by atoms with Gasteiger partial charge in [0.2, 0.25) is 0 Å². The molecule has 1 aromatic heterocycles. The fourth-order valence-electron chi connectivity index (χ4n) is 5.36. The molecule has 34 heavy (non-hydrogen) atoms. The summed E-state index contributed by atoms with van der Waals surface area (Å²) in [5.74, 6) is 1.14. The number of fused-ring (bicyclic) bond motifs is 1. The normalized spacial score (nSPS) is 27.8. The fourth-order valence-corrected chi connectivity index (χ4v) is 5.36. The highest BCUT2D eigenvalue weighted by Crippen LogP contribution is 2.41. The number of aliphatic hydroxyl groups is 1. The molecule has 3 fully saturated rings. The molecular formula is C25H31F3N4O2. The highest BCUT2D eigenvalue weighted by molar-refractivity contribution is 5.91. The van der Waals surface area contributed by atoms with E-state index in [1.165, 1.54) is 12.4 Å². The molecule has 2 saturated carbocycles.